The zero-order valence-electron chi connectivity index (χ0n) is 17.2. The predicted octanol–water partition coefficient (Wildman–Crippen LogP) is 4.35. The number of ether oxygens (including phenoxy) is 2. The fraction of sp³-hybridized carbons (Fsp3) is 0.261. The van der Waals surface area contributed by atoms with E-state index in [0.717, 1.165) is 22.7 Å². The molecule has 29 heavy (non-hydrogen) atoms. The van der Waals surface area contributed by atoms with E-state index in [1.807, 2.05) is 67.5 Å². The summed E-state index contributed by atoms with van der Waals surface area (Å²) >= 11 is 0. The molecule has 0 aliphatic carbocycles. The lowest BCUT2D eigenvalue weighted by molar-refractivity contribution is 0.0949. The van der Waals surface area contributed by atoms with Crippen molar-refractivity contribution in [2.24, 2.45) is 0 Å². The molecule has 0 spiro atoms. The average Bonchev–Trinajstić information content (AvgIpc) is 3.21. The van der Waals surface area contributed by atoms with E-state index in [1.165, 1.54) is 0 Å². The molecule has 0 saturated carbocycles. The van der Waals surface area contributed by atoms with Gasteiger partial charge in [0, 0.05) is 32.6 Å². The van der Waals surface area contributed by atoms with Crippen LogP contribution in [-0.2, 0) is 17.9 Å². The first-order valence-electron chi connectivity index (χ1n) is 9.31. The van der Waals surface area contributed by atoms with E-state index in [-0.39, 0.29) is 11.7 Å². The molecule has 0 N–H and O–H groups in total. The van der Waals surface area contributed by atoms with E-state index in [2.05, 4.69) is 0 Å². The third-order valence-electron chi connectivity index (χ3n) is 4.58. The van der Waals surface area contributed by atoms with Crippen LogP contribution in [0.2, 0.25) is 0 Å². The molecule has 1 amide bonds. The van der Waals surface area contributed by atoms with Gasteiger partial charge in [0.2, 0.25) is 0 Å². The summed E-state index contributed by atoms with van der Waals surface area (Å²) in [5.41, 5.74) is 2.88. The van der Waals surface area contributed by atoms with Crippen LogP contribution in [-0.4, -0.2) is 34.2 Å². The Balaban J connectivity index is 1.90. The summed E-state index contributed by atoms with van der Waals surface area (Å²) in [6.45, 7) is 0.737. The third kappa shape index (κ3) is 4.97. The fourth-order valence-corrected chi connectivity index (χ4v) is 2.97. The van der Waals surface area contributed by atoms with Crippen molar-refractivity contribution in [3.8, 4) is 5.75 Å². The maximum Gasteiger partial charge on any atom is 0.294 e. The predicted molar refractivity (Wildman–Crippen MR) is 114 cm³/mol. The largest absolute Gasteiger partial charge is 0.497 e. The Bertz CT molecular complexity index is 930. The summed E-state index contributed by atoms with van der Waals surface area (Å²) in [6.07, 6.45) is 0. The van der Waals surface area contributed by atoms with Crippen LogP contribution in [0.5, 0.6) is 5.75 Å². The number of carbonyl (C=O) groups excluding carboxylic acids is 1. The van der Waals surface area contributed by atoms with Crippen LogP contribution >= 0.6 is 0 Å². The van der Waals surface area contributed by atoms with Gasteiger partial charge in [-0.15, -0.1) is 0 Å². The molecular formula is C23H26N2O4. The van der Waals surface area contributed by atoms with Crippen LogP contribution in [0.4, 0.5) is 11.4 Å². The first-order valence-corrected chi connectivity index (χ1v) is 9.31. The highest BCUT2D eigenvalue weighted by Crippen LogP contribution is 2.25. The third-order valence-corrected chi connectivity index (χ3v) is 4.58. The van der Waals surface area contributed by atoms with Crippen LogP contribution in [0.15, 0.2) is 65.1 Å². The molecule has 1 heterocycles. The summed E-state index contributed by atoms with van der Waals surface area (Å²) < 4.78 is 16.0. The molecule has 6 nitrogen and oxygen atoms in total. The molecule has 0 fully saturated rings. The number of nitrogens with zero attached hydrogens (tertiary/aromatic N) is 2. The first-order chi connectivity index (χ1) is 14.0. The fourth-order valence-electron chi connectivity index (χ4n) is 2.97. The highest BCUT2D eigenvalue weighted by atomic mass is 16.5. The molecule has 0 aliphatic rings. The molecule has 2 aromatic carbocycles. The van der Waals surface area contributed by atoms with Crippen molar-refractivity contribution in [1.29, 1.82) is 0 Å². The zero-order chi connectivity index (χ0) is 20.8. The van der Waals surface area contributed by atoms with Crippen molar-refractivity contribution in [2.75, 3.05) is 38.1 Å². The summed E-state index contributed by atoms with van der Waals surface area (Å²) in [6, 6.07) is 19.0. The second kappa shape index (κ2) is 9.30. The molecule has 0 unspecified atom stereocenters. The molecule has 0 aliphatic heterocycles. The standard InChI is InChI=1S/C23H26N2O4/c1-24(2)18-7-5-17(6-8-18)15-25(19-9-11-20(28-4)12-10-19)23(26)22-14-13-21(29-22)16-27-3/h5-14H,15-16H2,1-4H3. The van der Waals surface area contributed by atoms with Crippen molar-refractivity contribution in [3.63, 3.8) is 0 Å². The van der Waals surface area contributed by atoms with Gasteiger partial charge >= 0.3 is 0 Å². The van der Waals surface area contributed by atoms with Gasteiger partial charge in [-0.2, -0.15) is 0 Å². The number of amides is 1. The quantitative estimate of drug-likeness (QED) is 0.569. The van der Waals surface area contributed by atoms with E-state index < -0.39 is 0 Å². The number of hydrogen-bond acceptors (Lipinski definition) is 5. The number of carbonyl (C=O) groups is 1. The lowest BCUT2D eigenvalue weighted by Crippen LogP contribution is -2.30. The Morgan fingerprint density at radius 2 is 1.55 bits per heavy atom. The van der Waals surface area contributed by atoms with E-state index in [0.29, 0.717) is 18.9 Å². The molecule has 0 atom stereocenters. The Kier molecular flexibility index (Phi) is 6.57. The zero-order valence-corrected chi connectivity index (χ0v) is 17.2. The Labute approximate surface area is 171 Å². The van der Waals surface area contributed by atoms with Crippen molar-refractivity contribution in [3.05, 3.63) is 77.7 Å². The summed E-state index contributed by atoms with van der Waals surface area (Å²) in [5, 5.41) is 0. The first kappa shape index (κ1) is 20.5. The van der Waals surface area contributed by atoms with Crippen LogP contribution in [0.1, 0.15) is 21.9 Å². The summed E-state index contributed by atoms with van der Waals surface area (Å²) in [5.74, 6) is 1.41. The van der Waals surface area contributed by atoms with Crippen LogP contribution in [0.25, 0.3) is 0 Å². The topological polar surface area (TPSA) is 55.2 Å². The SMILES string of the molecule is COCc1ccc(C(=O)N(Cc2ccc(N(C)C)cc2)c2ccc(OC)cc2)o1. The molecule has 3 aromatic rings. The molecule has 3 rings (SSSR count). The van der Waals surface area contributed by atoms with E-state index in [9.17, 15) is 4.79 Å². The number of methoxy groups -OCH3 is 2. The van der Waals surface area contributed by atoms with Gasteiger partial charge in [0.25, 0.3) is 5.91 Å². The molecular weight excluding hydrogens is 368 g/mol. The van der Waals surface area contributed by atoms with E-state index in [1.54, 1.807) is 31.3 Å². The summed E-state index contributed by atoms with van der Waals surface area (Å²) in [7, 11) is 7.20. The number of anilines is 2. The minimum Gasteiger partial charge on any atom is -0.497 e. The molecule has 0 bridgehead atoms. The van der Waals surface area contributed by atoms with Crippen LogP contribution < -0.4 is 14.5 Å². The van der Waals surface area contributed by atoms with Crippen LogP contribution in [0, 0.1) is 0 Å². The van der Waals surface area contributed by atoms with E-state index >= 15 is 0 Å². The highest BCUT2D eigenvalue weighted by Gasteiger charge is 2.22. The lowest BCUT2D eigenvalue weighted by atomic mass is 10.1. The lowest BCUT2D eigenvalue weighted by Gasteiger charge is -2.23. The van der Waals surface area contributed by atoms with Gasteiger partial charge in [0.15, 0.2) is 5.76 Å². The van der Waals surface area contributed by atoms with E-state index in [4.69, 9.17) is 13.9 Å². The Hall–Kier alpha value is -3.25. The van der Waals surface area contributed by atoms with Gasteiger partial charge in [-0.3, -0.25) is 4.79 Å². The number of rotatable bonds is 8. The Morgan fingerprint density at radius 1 is 0.897 bits per heavy atom. The number of benzene rings is 2. The molecule has 1 aromatic heterocycles. The van der Waals surface area contributed by atoms with Crippen molar-refractivity contribution in [1.82, 2.24) is 0 Å². The second-order valence-electron chi connectivity index (χ2n) is 6.85. The second-order valence-corrected chi connectivity index (χ2v) is 6.85. The van der Waals surface area contributed by atoms with Gasteiger partial charge in [0.05, 0.1) is 13.7 Å². The maximum absolute atomic E-state index is 13.2. The normalized spacial score (nSPS) is 10.6. The average molecular weight is 394 g/mol. The maximum atomic E-state index is 13.2. The number of hydrogen-bond donors (Lipinski definition) is 0. The molecule has 152 valence electrons. The monoisotopic (exact) mass is 394 g/mol. The minimum absolute atomic E-state index is 0.214. The minimum atomic E-state index is -0.214. The van der Waals surface area contributed by atoms with Crippen molar-refractivity contribution >= 4 is 17.3 Å². The van der Waals surface area contributed by atoms with Gasteiger partial charge in [0.1, 0.15) is 18.1 Å². The molecule has 6 heteroatoms. The van der Waals surface area contributed by atoms with Crippen molar-refractivity contribution < 1.29 is 18.7 Å². The van der Waals surface area contributed by atoms with Gasteiger partial charge in [-0.1, -0.05) is 12.1 Å². The van der Waals surface area contributed by atoms with Gasteiger partial charge in [-0.25, -0.2) is 0 Å². The van der Waals surface area contributed by atoms with Crippen LogP contribution in [0.3, 0.4) is 0 Å². The highest BCUT2D eigenvalue weighted by molar-refractivity contribution is 6.04. The van der Waals surface area contributed by atoms with Crippen molar-refractivity contribution in [2.45, 2.75) is 13.2 Å². The van der Waals surface area contributed by atoms with Gasteiger partial charge in [-0.05, 0) is 54.1 Å². The summed E-state index contributed by atoms with van der Waals surface area (Å²) in [4.78, 5) is 17.0. The Morgan fingerprint density at radius 3 is 2.14 bits per heavy atom. The van der Waals surface area contributed by atoms with Gasteiger partial charge < -0.3 is 23.7 Å². The smallest absolute Gasteiger partial charge is 0.294 e. The number of furan rings is 1. The molecule has 0 saturated heterocycles. The molecule has 0 radical (unpaired) electrons.